The van der Waals surface area contributed by atoms with Gasteiger partial charge in [-0.1, -0.05) is 29.3 Å². The molecule has 6 heteroatoms. The lowest BCUT2D eigenvalue weighted by Crippen LogP contribution is -2.38. The number of hydrogen-bond donors (Lipinski definition) is 2. The van der Waals surface area contributed by atoms with E-state index in [9.17, 15) is 9.59 Å². The zero-order valence-corrected chi connectivity index (χ0v) is 12.1. The Balaban J connectivity index is 1.81. The van der Waals surface area contributed by atoms with Crippen molar-refractivity contribution in [3.05, 3.63) is 33.3 Å². The van der Waals surface area contributed by atoms with Gasteiger partial charge < -0.3 is 10.4 Å². The van der Waals surface area contributed by atoms with E-state index < -0.39 is 17.3 Å². The smallest absolute Gasteiger partial charge is 0.319 e. The molecule has 0 radical (unpaired) electrons. The highest BCUT2D eigenvalue weighted by molar-refractivity contribution is 6.42. The zero-order chi connectivity index (χ0) is 14.5. The molecule has 0 unspecified atom stereocenters. The molecule has 2 N–H and O–H groups in total. The molecule has 1 aromatic rings. The molecule has 0 heterocycles. The van der Waals surface area contributed by atoms with Crippen LogP contribution >= 0.6 is 23.2 Å². The van der Waals surface area contributed by atoms with Gasteiger partial charge in [-0.25, -0.2) is 0 Å². The van der Waals surface area contributed by atoms with Gasteiger partial charge in [-0.05, 0) is 42.9 Å². The number of hydrogen-bond acceptors (Lipinski definition) is 2. The van der Waals surface area contributed by atoms with Crippen LogP contribution in [0.3, 0.4) is 0 Å². The van der Waals surface area contributed by atoms with Gasteiger partial charge in [0.2, 0.25) is 5.91 Å². The van der Waals surface area contributed by atoms with Gasteiger partial charge >= 0.3 is 5.97 Å². The SMILES string of the molecule is O=C(O)C1(C(=O)N[C@H]2CCc3c2ccc(Cl)c3Cl)CC1. The molecule has 1 amide bonds. The van der Waals surface area contributed by atoms with Crippen LogP contribution in [0.25, 0.3) is 0 Å². The topological polar surface area (TPSA) is 66.4 Å². The summed E-state index contributed by atoms with van der Waals surface area (Å²) in [4.78, 5) is 23.3. The number of benzene rings is 1. The van der Waals surface area contributed by atoms with Crippen molar-refractivity contribution < 1.29 is 14.7 Å². The molecular formula is C14H13Cl2NO3. The number of aliphatic carboxylic acids is 1. The summed E-state index contributed by atoms with van der Waals surface area (Å²) in [7, 11) is 0. The van der Waals surface area contributed by atoms with Crippen LogP contribution in [-0.4, -0.2) is 17.0 Å². The molecule has 106 valence electrons. The lowest BCUT2D eigenvalue weighted by atomic mass is 10.0. The van der Waals surface area contributed by atoms with Gasteiger partial charge in [0.1, 0.15) is 5.41 Å². The minimum absolute atomic E-state index is 0.177. The quantitative estimate of drug-likeness (QED) is 0.843. The van der Waals surface area contributed by atoms with E-state index in [1.165, 1.54) is 0 Å². The molecule has 0 spiro atoms. The van der Waals surface area contributed by atoms with Gasteiger partial charge in [0.15, 0.2) is 0 Å². The molecule has 0 saturated heterocycles. The van der Waals surface area contributed by atoms with Crippen molar-refractivity contribution in [3.8, 4) is 0 Å². The van der Waals surface area contributed by atoms with Gasteiger partial charge in [0.05, 0.1) is 16.1 Å². The van der Waals surface area contributed by atoms with E-state index in [1.807, 2.05) is 6.07 Å². The second kappa shape index (κ2) is 4.64. The van der Waals surface area contributed by atoms with Crippen LogP contribution in [0.1, 0.15) is 36.4 Å². The van der Waals surface area contributed by atoms with Crippen molar-refractivity contribution in [2.45, 2.75) is 31.7 Å². The zero-order valence-electron chi connectivity index (χ0n) is 10.6. The number of carbonyl (C=O) groups is 2. The molecular weight excluding hydrogens is 301 g/mol. The number of nitrogens with one attached hydrogen (secondary N) is 1. The summed E-state index contributed by atoms with van der Waals surface area (Å²) < 4.78 is 0. The number of halogens is 2. The van der Waals surface area contributed by atoms with Crippen molar-refractivity contribution in [2.75, 3.05) is 0 Å². The molecule has 1 fully saturated rings. The molecule has 1 aromatic carbocycles. The fourth-order valence-electron chi connectivity index (χ4n) is 2.74. The first-order chi connectivity index (χ1) is 9.45. The monoisotopic (exact) mass is 313 g/mol. The Morgan fingerprint density at radius 3 is 2.60 bits per heavy atom. The van der Waals surface area contributed by atoms with Gasteiger partial charge in [-0.2, -0.15) is 0 Å². The fourth-order valence-corrected chi connectivity index (χ4v) is 3.19. The average Bonchev–Trinajstić information content (AvgIpc) is 3.13. The van der Waals surface area contributed by atoms with Crippen molar-refractivity contribution in [2.24, 2.45) is 5.41 Å². The molecule has 2 aliphatic carbocycles. The second-order valence-electron chi connectivity index (χ2n) is 5.38. The third kappa shape index (κ3) is 1.98. The van der Waals surface area contributed by atoms with E-state index in [0.29, 0.717) is 22.9 Å². The van der Waals surface area contributed by atoms with Crippen LogP contribution < -0.4 is 5.32 Å². The Bertz CT molecular complexity index is 611. The summed E-state index contributed by atoms with van der Waals surface area (Å²) in [6, 6.07) is 3.38. The van der Waals surface area contributed by atoms with Crippen molar-refractivity contribution >= 4 is 35.1 Å². The first-order valence-electron chi connectivity index (χ1n) is 6.47. The third-order valence-electron chi connectivity index (χ3n) is 4.19. The average molecular weight is 314 g/mol. The van der Waals surface area contributed by atoms with E-state index in [4.69, 9.17) is 28.3 Å². The van der Waals surface area contributed by atoms with Gasteiger partial charge in [-0.15, -0.1) is 0 Å². The maximum absolute atomic E-state index is 12.1. The Labute approximate surface area is 126 Å². The van der Waals surface area contributed by atoms with Crippen molar-refractivity contribution in [1.82, 2.24) is 5.32 Å². The normalized spacial score (nSPS) is 22.2. The molecule has 3 rings (SSSR count). The Kier molecular flexibility index (Phi) is 3.18. The molecule has 0 aliphatic heterocycles. The van der Waals surface area contributed by atoms with Crippen LogP contribution in [0.15, 0.2) is 12.1 Å². The number of rotatable bonds is 3. The largest absolute Gasteiger partial charge is 0.480 e. The lowest BCUT2D eigenvalue weighted by Gasteiger charge is -2.17. The number of carboxylic acids is 1. The summed E-state index contributed by atoms with van der Waals surface area (Å²) in [6.07, 6.45) is 2.28. The summed E-state index contributed by atoms with van der Waals surface area (Å²) in [6.45, 7) is 0. The Morgan fingerprint density at radius 2 is 2.00 bits per heavy atom. The highest BCUT2D eigenvalue weighted by atomic mass is 35.5. The minimum Gasteiger partial charge on any atom is -0.480 e. The fraction of sp³-hybridized carbons (Fsp3) is 0.429. The van der Waals surface area contributed by atoms with Gasteiger partial charge in [-0.3, -0.25) is 9.59 Å². The van der Waals surface area contributed by atoms with Crippen molar-refractivity contribution in [1.29, 1.82) is 0 Å². The van der Waals surface area contributed by atoms with E-state index in [2.05, 4.69) is 5.32 Å². The summed E-state index contributed by atoms with van der Waals surface area (Å²) in [5, 5.41) is 13.0. The standard InChI is InChI=1S/C14H13Cl2NO3/c15-9-3-1-7-8(11(9)16)2-4-10(7)17-12(18)14(5-6-14)13(19)20/h1,3,10H,2,4-6H2,(H,17,18)(H,19,20)/t10-/m0/s1. The molecule has 0 aromatic heterocycles. The third-order valence-corrected chi connectivity index (χ3v) is 5.03. The molecule has 20 heavy (non-hydrogen) atoms. The highest BCUT2D eigenvalue weighted by Gasteiger charge is 2.57. The lowest BCUT2D eigenvalue weighted by molar-refractivity contribution is -0.149. The number of fused-ring (bicyclic) bond motifs is 1. The second-order valence-corrected chi connectivity index (χ2v) is 6.17. The maximum Gasteiger partial charge on any atom is 0.319 e. The van der Waals surface area contributed by atoms with Crippen LogP contribution in [0.2, 0.25) is 10.0 Å². The number of carboxylic acid groups (broad SMARTS) is 1. The first kappa shape index (κ1) is 13.7. The minimum atomic E-state index is -1.21. The molecule has 1 atom stereocenters. The van der Waals surface area contributed by atoms with E-state index >= 15 is 0 Å². The predicted molar refractivity (Wildman–Crippen MR) is 75.0 cm³/mol. The summed E-state index contributed by atoms with van der Waals surface area (Å²) in [5.74, 6) is -1.43. The van der Waals surface area contributed by atoms with Gasteiger partial charge in [0, 0.05) is 0 Å². The maximum atomic E-state index is 12.1. The van der Waals surface area contributed by atoms with Crippen LogP contribution in [0, 0.1) is 5.41 Å². The number of carbonyl (C=O) groups excluding carboxylic acids is 1. The Morgan fingerprint density at radius 1 is 1.30 bits per heavy atom. The first-order valence-corrected chi connectivity index (χ1v) is 7.22. The summed E-state index contributed by atoms with van der Waals surface area (Å²) in [5.41, 5.74) is 0.678. The van der Waals surface area contributed by atoms with Gasteiger partial charge in [0.25, 0.3) is 0 Å². The predicted octanol–water partition coefficient (Wildman–Crippen LogP) is 2.96. The summed E-state index contributed by atoms with van der Waals surface area (Å²) >= 11 is 12.1. The van der Waals surface area contributed by atoms with E-state index in [-0.39, 0.29) is 6.04 Å². The van der Waals surface area contributed by atoms with Crippen LogP contribution in [0.5, 0.6) is 0 Å². The molecule has 0 bridgehead atoms. The van der Waals surface area contributed by atoms with E-state index in [0.717, 1.165) is 24.0 Å². The Hall–Kier alpha value is -1.26. The highest BCUT2D eigenvalue weighted by Crippen LogP contribution is 2.47. The molecule has 1 saturated carbocycles. The van der Waals surface area contributed by atoms with Crippen LogP contribution in [-0.2, 0) is 16.0 Å². The van der Waals surface area contributed by atoms with Crippen molar-refractivity contribution in [3.63, 3.8) is 0 Å². The van der Waals surface area contributed by atoms with E-state index in [1.54, 1.807) is 6.07 Å². The molecule has 4 nitrogen and oxygen atoms in total. The van der Waals surface area contributed by atoms with Crippen LogP contribution in [0.4, 0.5) is 0 Å². The number of amides is 1. The molecule has 2 aliphatic rings.